The van der Waals surface area contributed by atoms with E-state index in [0.717, 1.165) is 47.4 Å². The Kier molecular flexibility index (Phi) is 11.7. The number of unbranched alkanes of at least 4 members (excludes halogenated alkanes) is 1. The fourth-order valence-electron chi connectivity index (χ4n) is 3.39. The van der Waals surface area contributed by atoms with E-state index in [1.165, 1.54) is 0 Å². The number of nitrogens with zero attached hydrogens (tertiary/aromatic N) is 4. The molecule has 0 saturated carbocycles. The lowest BCUT2D eigenvalue weighted by Gasteiger charge is -2.27. The van der Waals surface area contributed by atoms with Crippen LogP contribution in [0.1, 0.15) is 51.2 Å². The zero-order valence-electron chi connectivity index (χ0n) is 20.8. The van der Waals surface area contributed by atoms with Crippen molar-refractivity contribution in [2.45, 2.75) is 53.0 Å². The molecule has 34 heavy (non-hydrogen) atoms. The van der Waals surface area contributed by atoms with E-state index in [1.54, 1.807) is 19.2 Å². The van der Waals surface area contributed by atoms with Crippen molar-refractivity contribution in [3.8, 4) is 11.1 Å². The number of hydrogen-bond acceptors (Lipinski definition) is 8. The fourth-order valence-corrected chi connectivity index (χ4v) is 3.39. The molecule has 1 aliphatic rings. The van der Waals surface area contributed by atoms with Gasteiger partial charge < -0.3 is 9.47 Å². The Morgan fingerprint density at radius 2 is 1.74 bits per heavy atom. The maximum absolute atomic E-state index is 5.45. The molecule has 9 heteroatoms. The minimum absolute atomic E-state index is 0.502. The second-order valence-electron chi connectivity index (χ2n) is 7.22. The summed E-state index contributed by atoms with van der Waals surface area (Å²) in [5.41, 5.74) is 12.7. The van der Waals surface area contributed by atoms with Gasteiger partial charge in [0.15, 0.2) is 5.84 Å². The minimum atomic E-state index is -0.625. The summed E-state index contributed by atoms with van der Waals surface area (Å²) in [6, 6.07) is 16.4. The molecule has 0 amide bonds. The largest absolute Gasteiger partial charge is 0.338 e. The van der Waals surface area contributed by atoms with Crippen LogP contribution in [0, 0.1) is 0 Å². The van der Waals surface area contributed by atoms with Crippen molar-refractivity contribution in [2.75, 3.05) is 14.2 Å². The van der Waals surface area contributed by atoms with Gasteiger partial charge in [-0.05, 0) is 29.8 Å². The summed E-state index contributed by atoms with van der Waals surface area (Å²) in [7, 11) is 3.18. The molecule has 0 spiro atoms. The summed E-state index contributed by atoms with van der Waals surface area (Å²) in [5, 5.41) is 10.6. The third-order valence-electron chi connectivity index (χ3n) is 5.02. The summed E-state index contributed by atoms with van der Waals surface area (Å²) in [5.74, 6) is 1.41. The van der Waals surface area contributed by atoms with E-state index in [9.17, 15) is 0 Å². The summed E-state index contributed by atoms with van der Waals surface area (Å²) < 4.78 is 10.9. The summed E-state index contributed by atoms with van der Waals surface area (Å²) in [6.45, 7) is 10.3. The standard InChI is InChI=1S/C23H31N7O2.C2H6/c1-5-6-11-21(24-2)27-30(23(31-3)32-4)16-17-12-14-18(15-13-17)19-9-7-8-10-20(19)22-25-28-29-26-22;1-2/h7-10,12-15,23,28-29H,2,5-6,11,16H2,1,3-4H3,(H,25,26);1-2H3/b27-21-;. The number of benzene rings is 2. The average molecular weight is 468 g/mol. The number of rotatable bonds is 11. The van der Waals surface area contributed by atoms with Crippen LogP contribution in [0.5, 0.6) is 0 Å². The summed E-state index contributed by atoms with van der Waals surface area (Å²) in [4.78, 5) is 4.08. The smallest absolute Gasteiger partial charge is 0.255 e. The van der Waals surface area contributed by atoms with E-state index < -0.39 is 6.41 Å². The zero-order valence-corrected chi connectivity index (χ0v) is 20.8. The van der Waals surface area contributed by atoms with Gasteiger partial charge in [0.05, 0.1) is 6.54 Å². The third kappa shape index (κ3) is 7.38. The van der Waals surface area contributed by atoms with Crippen molar-refractivity contribution in [1.82, 2.24) is 21.5 Å². The SMILES string of the molecule is C=N/C(CCCC)=N\N(Cc1ccc(-c2ccccc2C2=NNNN2)cc1)C(OC)OC.CC. The Morgan fingerprint density at radius 3 is 2.29 bits per heavy atom. The lowest BCUT2D eigenvalue weighted by Crippen LogP contribution is -2.35. The summed E-state index contributed by atoms with van der Waals surface area (Å²) in [6.07, 6.45) is 2.19. The third-order valence-corrected chi connectivity index (χ3v) is 5.02. The number of methoxy groups -OCH3 is 2. The molecule has 0 unspecified atom stereocenters. The van der Waals surface area contributed by atoms with Gasteiger partial charge in [0.2, 0.25) is 0 Å². The Bertz CT molecular complexity index is 941. The molecule has 9 nitrogen and oxygen atoms in total. The van der Waals surface area contributed by atoms with Crippen LogP contribution >= 0.6 is 0 Å². The summed E-state index contributed by atoms with van der Waals surface area (Å²) >= 11 is 0. The lowest BCUT2D eigenvalue weighted by atomic mass is 9.98. The van der Waals surface area contributed by atoms with Gasteiger partial charge in [-0.25, -0.2) is 15.5 Å². The first-order valence-corrected chi connectivity index (χ1v) is 11.6. The molecule has 0 aliphatic carbocycles. The van der Waals surface area contributed by atoms with Gasteiger partial charge in [-0.15, -0.1) is 10.6 Å². The maximum atomic E-state index is 5.45. The van der Waals surface area contributed by atoms with Gasteiger partial charge in [-0.1, -0.05) is 75.7 Å². The molecule has 1 heterocycles. The molecule has 2 aromatic carbocycles. The van der Waals surface area contributed by atoms with Crippen LogP contribution in [0.3, 0.4) is 0 Å². The highest BCUT2D eigenvalue weighted by Crippen LogP contribution is 2.25. The molecule has 0 aromatic heterocycles. The molecular weight excluding hydrogens is 430 g/mol. The Morgan fingerprint density at radius 1 is 1.06 bits per heavy atom. The zero-order chi connectivity index (χ0) is 24.8. The van der Waals surface area contributed by atoms with Crippen LogP contribution in [0.15, 0.2) is 63.7 Å². The van der Waals surface area contributed by atoms with Crippen LogP contribution < -0.4 is 16.5 Å². The number of amidine groups is 2. The highest BCUT2D eigenvalue weighted by Gasteiger charge is 2.18. The van der Waals surface area contributed by atoms with Crippen molar-refractivity contribution in [2.24, 2.45) is 15.2 Å². The topological polar surface area (TPSA) is 94.9 Å². The Balaban J connectivity index is 0.00000199. The number of nitrogens with one attached hydrogen (secondary N) is 3. The van der Waals surface area contributed by atoms with Crippen LogP contribution in [0.25, 0.3) is 11.1 Å². The number of hydrazine groups is 2. The highest BCUT2D eigenvalue weighted by atomic mass is 16.7. The number of hydrogen-bond donors (Lipinski definition) is 3. The second kappa shape index (κ2) is 14.8. The van der Waals surface area contributed by atoms with Gasteiger partial charge in [-0.3, -0.25) is 5.43 Å². The van der Waals surface area contributed by atoms with Gasteiger partial charge >= 0.3 is 0 Å². The molecule has 3 N–H and O–H groups in total. The fraction of sp³-hybridized carbons (Fsp3) is 0.400. The monoisotopic (exact) mass is 467 g/mol. The molecule has 0 atom stereocenters. The molecule has 0 bridgehead atoms. The van der Waals surface area contributed by atoms with Crippen LogP contribution in [-0.2, 0) is 16.0 Å². The van der Waals surface area contributed by atoms with E-state index in [4.69, 9.17) is 9.47 Å². The quantitative estimate of drug-likeness (QED) is 0.198. The van der Waals surface area contributed by atoms with Crippen molar-refractivity contribution in [3.63, 3.8) is 0 Å². The molecular formula is C25H37N7O2. The highest BCUT2D eigenvalue weighted by molar-refractivity contribution is 6.04. The number of aliphatic imine (C=N–C) groups is 1. The van der Waals surface area contributed by atoms with Crippen molar-refractivity contribution in [3.05, 3.63) is 59.7 Å². The molecule has 1 aliphatic heterocycles. The first-order valence-electron chi connectivity index (χ1n) is 11.6. The first kappa shape index (κ1) is 27.0. The molecule has 3 rings (SSSR count). The van der Waals surface area contributed by atoms with Crippen LogP contribution in [-0.4, -0.2) is 44.0 Å². The van der Waals surface area contributed by atoms with E-state index in [1.807, 2.05) is 32.0 Å². The lowest BCUT2D eigenvalue weighted by molar-refractivity contribution is -0.199. The van der Waals surface area contributed by atoms with Gasteiger partial charge in [-0.2, -0.15) is 5.10 Å². The average Bonchev–Trinajstić information content (AvgIpc) is 3.44. The number of ether oxygens (including phenoxy) is 2. The van der Waals surface area contributed by atoms with Gasteiger partial charge in [0, 0.05) is 26.2 Å². The van der Waals surface area contributed by atoms with Gasteiger partial charge in [0.25, 0.3) is 6.41 Å². The predicted molar refractivity (Wildman–Crippen MR) is 139 cm³/mol. The van der Waals surface area contributed by atoms with Gasteiger partial charge in [0.1, 0.15) is 5.84 Å². The minimum Gasteiger partial charge on any atom is -0.338 e. The predicted octanol–water partition coefficient (Wildman–Crippen LogP) is 4.24. The van der Waals surface area contributed by atoms with E-state index in [2.05, 4.69) is 75.7 Å². The molecule has 0 saturated heterocycles. The molecule has 2 aromatic rings. The van der Waals surface area contributed by atoms with E-state index >= 15 is 0 Å². The first-order chi connectivity index (χ1) is 16.7. The van der Waals surface area contributed by atoms with E-state index in [0.29, 0.717) is 12.4 Å². The van der Waals surface area contributed by atoms with Crippen molar-refractivity contribution < 1.29 is 9.47 Å². The van der Waals surface area contributed by atoms with E-state index in [-0.39, 0.29) is 0 Å². The van der Waals surface area contributed by atoms with Crippen molar-refractivity contribution in [1.29, 1.82) is 0 Å². The Hall–Kier alpha value is -3.27. The molecule has 0 fully saturated rings. The molecule has 184 valence electrons. The van der Waals surface area contributed by atoms with Crippen LogP contribution in [0.2, 0.25) is 0 Å². The second-order valence-corrected chi connectivity index (χ2v) is 7.22. The molecule has 0 radical (unpaired) electrons. The Labute approximate surface area is 202 Å². The normalized spacial score (nSPS) is 12.9. The number of hydrazone groups is 2. The van der Waals surface area contributed by atoms with Crippen molar-refractivity contribution >= 4 is 18.4 Å². The maximum Gasteiger partial charge on any atom is 0.255 e. The van der Waals surface area contributed by atoms with Crippen LogP contribution in [0.4, 0.5) is 0 Å².